The molecular weight excluding hydrogens is 744 g/mol. The second-order valence-electron chi connectivity index (χ2n) is 15.2. The number of aromatic hydroxyl groups is 1. The van der Waals surface area contributed by atoms with Gasteiger partial charge in [0.05, 0.1) is 31.4 Å². The summed E-state index contributed by atoms with van der Waals surface area (Å²) in [6.07, 6.45) is 4.00. The smallest absolute Gasteiger partial charge is 0.405 e. The van der Waals surface area contributed by atoms with Gasteiger partial charge in [-0.05, 0) is 62.1 Å². The van der Waals surface area contributed by atoms with Gasteiger partial charge in [-0.2, -0.15) is 23.1 Å². The number of alkyl halides is 4. The van der Waals surface area contributed by atoms with Crippen molar-refractivity contribution in [1.82, 2.24) is 30.1 Å². The molecule has 1 saturated carbocycles. The molecule has 2 bridgehead atoms. The van der Waals surface area contributed by atoms with Gasteiger partial charge in [0.1, 0.15) is 46.7 Å². The van der Waals surface area contributed by atoms with Crippen LogP contribution in [0.3, 0.4) is 0 Å². The number of carbonyl (C=O) groups is 1. The molecule has 2 aromatic carbocycles. The van der Waals surface area contributed by atoms with Gasteiger partial charge in [-0.25, -0.2) is 22.9 Å². The molecule has 3 aliphatic heterocycles. The van der Waals surface area contributed by atoms with Crippen LogP contribution in [0.2, 0.25) is 0 Å². The number of amides is 2. The van der Waals surface area contributed by atoms with Crippen molar-refractivity contribution >= 4 is 33.5 Å². The zero-order valence-electron chi connectivity index (χ0n) is 30.4. The lowest BCUT2D eigenvalue weighted by Crippen LogP contribution is -2.59. The first-order valence-corrected chi connectivity index (χ1v) is 18.5. The number of nitrogens with one attached hydrogen (secondary N) is 1. The average Bonchev–Trinajstić information content (AvgIpc) is 3.88. The van der Waals surface area contributed by atoms with Gasteiger partial charge in [0, 0.05) is 49.1 Å². The molecule has 11 nitrogen and oxygen atoms in total. The molecule has 2 atom stereocenters. The van der Waals surface area contributed by atoms with Gasteiger partial charge < -0.3 is 34.6 Å². The molecule has 8 rings (SSSR count). The van der Waals surface area contributed by atoms with E-state index >= 15 is 8.78 Å². The lowest BCUT2D eigenvalue weighted by atomic mass is 9.95. The van der Waals surface area contributed by atoms with Crippen LogP contribution in [-0.2, 0) is 0 Å². The van der Waals surface area contributed by atoms with Crippen LogP contribution in [0, 0.1) is 29.4 Å². The monoisotopic (exact) mass is 783 g/mol. The van der Waals surface area contributed by atoms with Gasteiger partial charge in [0.2, 0.25) is 5.88 Å². The third kappa shape index (κ3) is 7.15. The summed E-state index contributed by atoms with van der Waals surface area (Å²) in [5.41, 5.74) is -1.00. The number of anilines is 1. The van der Waals surface area contributed by atoms with Gasteiger partial charge in [0.25, 0.3) is 0 Å². The SMILES string of the molecule is C#Cc1c(F)ccc2cc(O)cc(-c3nc(OC)c4c(N5CC6CCC(C5)N6C(=O)NCC(F)(F)F)nc(OCC5(CN6CCC(F)CC6)CC5)nc4c3F)c12. The number of ether oxygens (including phenoxy) is 2. The van der Waals surface area contributed by atoms with Crippen LogP contribution in [0.1, 0.15) is 44.1 Å². The Balaban J connectivity index is 1.21. The van der Waals surface area contributed by atoms with Crippen LogP contribution in [0.15, 0.2) is 24.3 Å². The Labute approximate surface area is 318 Å². The number of urea groups is 1. The Morgan fingerprint density at radius 2 is 1.77 bits per heavy atom. The summed E-state index contributed by atoms with van der Waals surface area (Å²) in [5.74, 6) is 0.441. The average molecular weight is 784 g/mol. The van der Waals surface area contributed by atoms with Crippen LogP contribution in [0.25, 0.3) is 32.9 Å². The number of benzene rings is 2. The predicted octanol–water partition coefficient (Wildman–Crippen LogP) is 6.34. The Morgan fingerprint density at radius 1 is 1.05 bits per heavy atom. The van der Waals surface area contributed by atoms with Crippen LogP contribution < -0.4 is 19.7 Å². The van der Waals surface area contributed by atoms with Crippen LogP contribution >= 0.6 is 0 Å². The number of rotatable bonds is 9. The van der Waals surface area contributed by atoms with E-state index in [4.69, 9.17) is 20.9 Å². The third-order valence-corrected chi connectivity index (χ3v) is 11.4. The van der Waals surface area contributed by atoms with Crippen molar-refractivity contribution < 1.29 is 45.7 Å². The van der Waals surface area contributed by atoms with Crippen molar-refractivity contribution in [3.8, 4) is 41.2 Å². The molecule has 2 N–H and O–H groups in total. The van der Waals surface area contributed by atoms with Crippen molar-refractivity contribution in [1.29, 1.82) is 0 Å². The summed E-state index contributed by atoms with van der Waals surface area (Å²) in [6.45, 7) is 0.985. The van der Waals surface area contributed by atoms with Gasteiger partial charge in [-0.1, -0.05) is 12.0 Å². The minimum Gasteiger partial charge on any atom is -0.508 e. The first-order chi connectivity index (χ1) is 26.8. The number of terminal acetylenes is 1. The Hall–Kier alpha value is -5.24. The summed E-state index contributed by atoms with van der Waals surface area (Å²) in [4.78, 5) is 32.2. The number of hydrogen-bond donors (Lipinski definition) is 2. The van der Waals surface area contributed by atoms with E-state index in [-0.39, 0.29) is 81.7 Å². The maximum atomic E-state index is 17.2. The number of likely N-dealkylation sites (tertiary alicyclic amines) is 1. The number of aromatic nitrogens is 3. The Morgan fingerprint density at radius 3 is 2.41 bits per heavy atom. The van der Waals surface area contributed by atoms with E-state index in [9.17, 15) is 27.5 Å². The number of halogens is 6. The minimum atomic E-state index is -4.58. The van der Waals surface area contributed by atoms with Crippen molar-refractivity contribution in [2.24, 2.45) is 5.41 Å². The normalized spacial score (nSPS) is 21.0. The van der Waals surface area contributed by atoms with Crippen LogP contribution in [0.5, 0.6) is 17.6 Å². The second kappa shape index (κ2) is 14.4. The standard InChI is InChI=1S/C39H39F6N7O4/c1-3-26-28(41)7-4-21-14-25(53)15-27(29(21)26)32-31(42)33-30(35(47-32)55-2)34(51-16-23-5-6-24(17-51)52(23)37(54)46-18-39(43,44)45)49-36(48-33)56-20-38(10-11-38)19-50-12-8-22(40)9-13-50/h1,4,7,14-15,22-24,53H,5-6,8-13,16-20H2,2H3,(H,46,54). The fraction of sp³-hybridized carbons (Fsp3) is 0.487. The lowest BCUT2D eigenvalue weighted by Gasteiger charge is -2.41. The number of piperazine rings is 1. The number of piperidine rings is 1. The highest BCUT2D eigenvalue weighted by molar-refractivity contribution is 6.04. The summed E-state index contributed by atoms with van der Waals surface area (Å²) in [5, 5.41) is 13.2. The molecule has 56 heavy (non-hydrogen) atoms. The first-order valence-electron chi connectivity index (χ1n) is 18.5. The number of phenolic OH excluding ortho intramolecular Hbond substituents is 1. The number of methoxy groups -OCH3 is 1. The molecule has 5 heterocycles. The highest BCUT2D eigenvalue weighted by atomic mass is 19.4. The number of carbonyl (C=O) groups excluding carboxylic acids is 1. The maximum Gasteiger partial charge on any atom is 0.405 e. The first kappa shape index (κ1) is 37.7. The molecule has 3 saturated heterocycles. The van der Waals surface area contributed by atoms with E-state index in [2.05, 4.69) is 20.8 Å². The molecule has 4 aliphatic rings. The molecule has 17 heteroatoms. The lowest BCUT2D eigenvalue weighted by molar-refractivity contribution is -0.123. The van der Waals surface area contributed by atoms with Gasteiger partial charge in [-0.3, -0.25) is 0 Å². The van der Waals surface area contributed by atoms with Crippen molar-refractivity contribution in [3.05, 3.63) is 41.5 Å². The van der Waals surface area contributed by atoms with Crippen molar-refractivity contribution in [2.45, 2.75) is 63.0 Å². The molecule has 2 unspecified atom stereocenters. The molecule has 2 amide bonds. The largest absolute Gasteiger partial charge is 0.508 e. The molecular formula is C39H39F6N7O4. The Kier molecular flexibility index (Phi) is 9.66. The Bertz CT molecular complexity index is 2220. The highest BCUT2D eigenvalue weighted by Crippen LogP contribution is 2.48. The van der Waals surface area contributed by atoms with Crippen molar-refractivity contribution in [3.63, 3.8) is 0 Å². The maximum absolute atomic E-state index is 17.2. The third-order valence-electron chi connectivity index (χ3n) is 11.4. The number of phenols is 1. The van der Waals surface area contributed by atoms with Crippen LogP contribution in [-0.4, -0.2) is 113 Å². The molecule has 1 aliphatic carbocycles. The van der Waals surface area contributed by atoms with E-state index in [1.807, 2.05) is 5.32 Å². The number of nitrogens with zero attached hydrogens (tertiary/aromatic N) is 6. The molecule has 2 aromatic heterocycles. The zero-order valence-corrected chi connectivity index (χ0v) is 30.4. The predicted molar refractivity (Wildman–Crippen MR) is 194 cm³/mol. The van der Waals surface area contributed by atoms with E-state index in [0.29, 0.717) is 50.7 Å². The summed E-state index contributed by atoms with van der Waals surface area (Å²) in [7, 11) is 1.32. The fourth-order valence-corrected chi connectivity index (χ4v) is 8.43. The molecule has 4 fully saturated rings. The molecule has 4 aromatic rings. The summed E-state index contributed by atoms with van der Waals surface area (Å²) in [6, 6.07) is 3.19. The zero-order chi connectivity index (χ0) is 39.5. The minimum absolute atomic E-state index is 0.0155. The van der Waals surface area contributed by atoms with Gasteiger partial charge in [-0.15, -0.1) is 6.42 Å². The van der Waals surface area contributed by atoms with E-state index in [1.165, 1.54) is 30.2 Å². The number of pyridine rings is 1. The highest BCUT2D eigenvalue weighted by Gasteiger charge is 2.47. The molecule has 0 spiro atoms. The summed E-state index contributed by atoms with van der Waals surface area (Å²) >= 11 is 0. The van der Waals surface area contributed by atoms with E-state index < -0.39 is 48.6 Å². The van der Waals surface area contributed by atoms with Crippen LogP contribution in [0.4, 0.5) is 37.0 Å². The number of fused-ring (bicyclic) bond motifs is 4. The fourth-order valence-electron chi connectivity index (χ4n) is 8.43. The number of hydrogen-bond acceptors (Lipinski definition) is 9. The van der Waals surface area contributed by atoms with E-state index in [1.54, 1.807) is 4.90 Å². The van der Waals surface area contributed by atoms with Gasteiger partial charge >= 0.3 is 18.2 Å². The molecule has 296 valence electrons. The van der Waals surface area contributed by atoms with E-state index in [0.717, 1.165) is 18.9 Å². The second-order valence-corrected chi connectivity index (χ2v) is 15.2. The topological polar surface area (TPSA) is 116 Å². The molecule has 0 radical (unpaired) electrons. The quantitative estimate of drug-likeness (QED) is 0.148. The summed E-state index contributed by atoms with van der Waals surface area (Å²) < 4.78 is 97.0. The van der Waals surface area contributed by atoms with Gasteiger partial charge in [0.15, 0.2) is 5.82 Å². The van der Waals surface area contributed by atoms with Crippen molar-refractivity contribution in [2.75, 3.05) is 57.9 Å².